The van der Waals surface area contributed by atoms with Gasteiger partial charge < -0.3 is 15.5 Å². The molecule has 0 aliphatic rings. The van der Waals surface area contributed by atoms with Crippen molar-refractivity contribution in [3.05, 3.63) is 69.4 Å². The van der Waals surface area contributed by atoms with Crippen LogP contribution in [-0.2, 0) is 0 Å². The first-order chi connectivity index (χ1) is 13.6. The SMILES string of the molecule is Cc1cc(O)c(C(=O)Nc2csc(-c3ccc(C)c(F)c3F)c2C(=O)O)cc1F. The molecule has 150 valence electrons. The fraction of sp³-hybridized carbons (Fsp3) is 0.100. The molecule has 0 saturated carbocycles. The van der Waals surface area contributed by atoms with Gasteiger partial charge in [-0.15, -0.1) is 11.3 Å². The summed E-state index contributed by atoms with van der Waals surface area (Å²) in [7, 11) is 0. The van der Waals surface area contributed by atoms with Crippen LogP contribution in [0.2, 0.25) is 0 Å². The number of aryl methyl sites for hydroxylation is 2. The van der Waals surface area contributed by atoms with E-state index in [0.29, 0.717) is 0 Å². The highest BCUT2D eigenvalue weighted by Crippen LogP contribution is 2.38. The summed E-state index contributed by atoms with van der Waals surface area (Å²) in [6.07, 6.45) is 0. The molecule has 0 spiro atoms. The van der Waals surface area contributed by atoms with E-state index in [4.69, 9.17) is 0 Å². The van der Waals surface area contributed by atoms with Crippen LogP contribution in [0.5, 0.6) is 5.75 Å². The molecular formula is C20H14F3NO4S. The van der Waals surface area contributed by atoms with Crippen molar-refractivity contribution in [3.8, 4) is 16.2 Å². The zero-order chi connectivity index (χ0) is 21.5. The van der Waals surface area contributed by atoms with Crippen molar-refractivity contribution in [2.45, 2.75) is 13.8 Å². The number of phenols is 1. The van der Waals surface area contributed by atoms with Crippen LogP contribution in [0.15, 0.2) is 29.6 Å². The third-order valence-corrected chi connectivity index (χ3v) is 5.31. The average Bonchev–Trinajstić information content (AvgIpc) is 3.06. The zero-order valence-electron chi connectivity index (χ0n) is 15.1. The number of hydrogen-bond donors (Lipinski definition) is 3. The van der Waals surface area contributed by atoms with Crippen LogP contribution < -0.4 is 5.32 Å². The molecule has 29 heavy (non-hydrogen) atoms. The molecule has 3 aromatic rings. The van der Waals surface area contributed by atoms with E-state index in [1.807, 2.05) is 0 Å². The number of aromatic carboxylic acids is 1. The molecule has 1 aromatic heterocycles. The van der Waals surface area contributed by atoms with Gasteiger partial charge in [0, 0.05) is 10.9 Å². The third-order valence-electron chi connectivity index (χ3n) is 4.29. The molecular weight excluding hydrogens is 407 g/mol. The lowest BCUT2D eigenvalue weighted by atomic mass is 10.1. The van der Waals surface area contributed by atoms with Gasteiger partial charge in [0.15, 0.2) is 11.6 Å². The fourth-order valence-corrected chi connectivity index (χ4v) is 3.73. The molecule has 0 bridgehead atoms. The summed E-state index contributed by atoms with van der Waals surface area (Å²) in [4.78, 5) is 24.1. The highest BCUT2D eigenvalue weighted by Gasteiger charge is 2.25. The number of anilines is 1. The minimum absolute atomic E-state index is 0.0603. The maximum Gasteiger partial charge on any atom is 0.339 e. The molecule has 1 amide bonds. The van der Waals surface area contributed by atoms with Gasteiger partial charge in [-0.05, 0) is 37.1 Å². The number of nitrogens with one attached hydrogen (secondary N) is 1. The molecule has 3 rings (SSSR count). The number of halogens is 3. The maximum absolute atomic E-state index is 14.3. The van der Waals surface area contributed by atoms with Gasteiger partial charge in [-0.25, -0.2) is 18.0 Å². The number of thiophene rings is 1. The number of benzene rings is 2. The number of carboxylic acids is 1. The summed E-state index contributed by atoms with van der Waals surface area (Å²) in [6, 6.07) is 4.44. The Balaban J connectivity index is 2.05. The largest absolute Gasteiger partial charge is 0.507 e. The number of hydrogen-bond acceptors (Lipinski definition) is 4. The van der Waals surface area contributed by atoms with Gasteiger partial charge in [0.25, 0.3) is 5.91 Å². The lowest BCUT2D eigenvalue weighted by molar-refractivity contribution is 0.0699. The van der Waals surface area contributed by atoms with Crippen molar-refractivity contribution in [2.75, 3.05) is 5.32 Å². The third kappa shape index (κ3) is 3.68. The molecule has 0 radical (unpaired) electrons. The minimum atomic E-state index is -1.48. The molecule has 0 atom stereocenters. The average molecular weight is 421 g/mol. The molecule has 0 aliphatic heterocycles. The monoisotopic (exact) mass is 421 g/mol. The predicted octanol–water partition coefficient (Wildman–Crippen LogP) is 5.11. The highest BCUT2D eigenvalue weighted by atomic mass is 32.1. The Kier molecular flexibility index (Phi) is 5.34. The number of carbonyl (C=O) groups excluding carboxylic acids is 1. The summed E-state index contributed by atoms with van der Waals surface area (Å²) in [5.41, 5.74) is -1.11. The quantitative estimate of drug-likeness (QED) is 0.547. The molecule has 5 nitrogen and oxygen atoms in total. The van der Waals surface area contributed by atoms with Gasteiger partial charge in [-0.1, -0.05) is 12.1 Å². The lowest BCUT2D eigenvalue weighted by Crippen LogP contribution is -2.14. The number of carboxylic acid groups (broad SMARTS) is 1. The van der Waals surface area contributed by atoms with Gasteiger partial charge in [-0.3, -0.25) is 4.79 Å². The first kappa shape index (κ1) is 20.4. The molecule has 9 heteroatoms. The van der Waals surface area contributed by atoms with E-state index >= 15 is 0 Å². The topological polar surface area (TPSA) is 86.6 Å². The van der Waals surface area contributed by atoms with Crippen molar-refractivity contribution in [1.82, 2.24) is 0 Å². The van der Waals surface area contributed by atoms with E-state index in [9.17, 15) is 33.0 Å². The first-order valence-electron chi connectivity index (χ1n) is 8.22. The summed E-state index contributed by atoms with van der Waals surface area (Å²) >= 11 is 0.795. The normalized spacial score (nSPS) is 10.8. The van der Waals surface area contributed by atoms with Crippen LogP contribution in [0.3, 0.4) is 0 Å². The van der Waals surface area contributed by atoms with E-state index in [1.54, 1.807) is 0 Å². The molecule has 1 heterocycles. The van der Waals surface area contributed by atoms with E-state index in [1.165, 1.54) is 31.4 Å². The maximum atomic E-state index is 14.3. The summed E-state index contributed by atoms with van der Waals surface area (Å²) in [6.45, 7) is 2.77. The van der Waals surface area contributed by atoms with E-state index in [-0.39, 0.29) is 27.3 Å². The van der Waals surface area contributed by atoms with Crippen LogP contribution in [0.4, 0.5) is 18.9 Å². The van der Waals surface area contributed by atoms with Gasteiger partial charge in [0.1, 0.15) is 17.1 Å². The Morgan fingerprint density at radius 3 is 2.38 bits per heavy atom. The standard InChI is InChI=1S/C20H14F3NO4S/c1-8-3-4-10(17(23)16(8)22)18-15(20(27)28)13(7-29-18)24-19(26)11-6-12(21)9(2)5-14(11)25/h3-7,25H,1-2H3,(H,24,26)(H,27,28). The second-order valence-corrected chi connectivity index (χ2v) is 7.17. The van der Waals surface area contributed by atoms with Crippen LogP contribution in [0, 0.1) is 31.3 Å². The first-order valence-corrected chi connectivity index (χ1v) is 9.10. The molecule has 0 unspecified atom stereocenters. The van der Waals surface area contributed by atoms with Gasteiger partial charge >= 0.3 is 5.97 Å². The van der Waals surface area contributed by atoms with Crippen molar-refractivity contribution < 1.29 is 33.0 Å². The van der Waals surface area contributed by atoms with Crippen LogP contribution in [-0.4, -0.2) is 22.1 Å². The lowest BCUT2D eigenvalue weighted by Gasteiger charge is -2.09. The summed E-state index contributed by atoms with van der Waals surface area (Å²) in [5, 5.41) is 23.0. The fourth-order valence-electron chi connectivity index (χ4n) is 2.72. The van der Waals surface area contributed by atoms with E-state index < -0.39 is 46.2 Å². The van der Waals surface area contributed by atoms with Gasteiger partial charge in [-0.2, -0.15) is 0 Å². The molecule has 3 N–H and O–H groups in total. The number of phenolic OH excluding ortho intramolecular Hbond substituents is 1. The zero-order valence-corrected chi connectivity index (χ0v) is 16.0. The van der Waals surface area contributed by atoms with Crippen molar-refractivity contribution in [2.24, 2.45) is 0 Å². The Morgan fingerprint density at radius 1 is 1.03 bits per heavy atom. The number of carbonyl (C=O) groups is 2. The summed E-state index contributed by atoms with van der Waals surface area (Å²) < 4.78 is 42.0. The minimum Gasteiger partial charge on any atom is -0.507 e. The molecule has 0 saturated heterocycles. The van der Waals surface area contributed by atoms with Crippen molar-refractivity contribution in [1.29, 1.82) is 0 Å². The number of aromatic hydroxyl groups is 1. The Hall–Kier alpha value is -3.33. The van der Waals surface area contributed by atoms with Crippen LogP contribution >= 0.6 is 11.3 Å². The Labute approximate surface area is 167 Å². The number of rotatable bonds is 4. The number of amides is 1. The van der Waals surface area contributed by atoms with Gasteiger partial charge in [0.2, 0.25) is 0 Å². The Bertz CT molecular complexity index is 1160. The van der Waals surface area contributed by atoms with Crippen molar-refractivity contribution in [3.63, 3.8) is 0 Å². The second-order valence-electron chi connectivity index (χ2n) is 6.29. The van der Waals surface area contributed by atoms with Crippen LogP contribution in [0.25, 0.3) is 10.4 Å². The highest BCUT2D eigenvalue weighted by molar-refractivity contribution is 7.14. The smallest absolute Gasteiger partial charge is 0.339 e. The second kappa shape index (κ2) is 7.59. The predicted molar refractivity (Wildman–Crippen MR) is 102 cm³/mol. The van der Waals surface area contributed by atoms with Crippen molar-refractivity contribution >= 4 is 28.9 Å². The molecule has 0 aliphatic carbocycles. The molecule has 0 fully saturated rings. The Morgan fingerprint density at radius 2 is 1.72 bits per heavy atom. The molecule has 2 aromatic carbocycles. The van der Waals surface area contributed by atoms with E-state index in [0.717, 1.165) is 23.5 Å². The van der Waals surface area contributed by atoms with Crippen LogP contribution in [0.1, 0.15) is 31.8 Å². The van der Waals surface area contributed by atoms with Gasteiger partial charge in [0.05, 0.1) is 16.1 Å². The summed E-state index contributed by atoms with van der Waals surface area (Å²) in [5.74, 6) is -5.95. The van der Waals surface area contributed by atoms with E-state index in [2.05, 4.69) is 5.32 Å².